The van der Waals surface area contributed by atoms with Crippen LogP contribution in [0.25, 0.3) is 11.0 Å². The quantitative estimate of drug-likeness (QED) is 0.655. The van der Waals surface area contributed by atoms with Crippen LogP contribution in [0.2, 0.25) is 0 Å². The minimum atomic E-state index is -0.949. The molecule has 3 aromatic rings. The minimum absolute atomic E-state index is 0.165. The van der Waals surface area contributed by atoms with Gasteiger partial charge in [0.1, 0.15) is 0 Å². The summed E-state index contributed by atoms with van der Waals surface area (Å²) in [5, 5.41) is 17.1. The summed E-state index contributed by atoms with van der Waals surface area (Å²) in [5.74, 6) is -1.11. The SMILES string of the molecule is CCC(C)n1ncc2c(C(=O)NCCc3ccc(C(=O)O)cc3)cc(C)nc21. The maximum atomic E-state index is 12.7. The Morgan fingerprint density at radius 2 is 1.96 bits per heavy atom. The van der Waals surface area contributed by atoms with Crippen LogP contribution >= 0.6 is 0 Å². The Morgan fingerprint density at radius 3 is 2.61 bits per heavy atom. The first-order chi connectivity index (χ1) is 13.4. The molecule has 0 radical (unpaired) electrons. The van der Waals surface area contributed by atoms with Gasteiger partial charge in [-0.05, 0) is 50.5 Å². The van der Waals surface area contributed by atoms with E-state index in [0.717, 1.165) is 28.7 Å². The van der Waals surface area contributed by atoms with Crippen LogP contribution in [0, 0.1) is 6.92 Å². The van der Waals surface area contributed by atoms with Gasteiger partial charge in [-0.3, -0.25) is 4.79 Å². The fourth-order valence-electron chi connectivity index (χ4n) is 3.06. The molecule has 0 bridgehead atoms. The number of amides is 1. The highest BCUT2D eigenvalue weighted by Crippen LogP contribution is 2.22. The summed E-state index contributed by atoms with van der Waals surface area (Å²) < 4.78 is 1.86. The van der Waals surface area contributed by atoms with Crippen molar-refractivity contribution in [3.05, 3.63) is 58.9 Å². The first kappa shape index (κ1) is 19.5. The number of pyridine rings is 1. The topological polar surface area (TPSA) is 97.1 Å². The van der Waals surface area contributed by atoms with Crippen LogP contribution in [0.4, 0.5) is 0 Å². The maximum absolute atomic E-state index is 12.7. The van der Waals surface area contributed by atoms with E-state index in [0.29, 0.717) is 18.5 Å². The van der Waals surface area contributed by atoms with Gasteiger partial charge >= 0.3 is 5.97 Å². The van der Waals surface area contributed by atoms with Gasteiger partial charge in [-0.15, -0.1) is 0 Å². The van der Waals surface area contributed by atoms with Gasteiger partial charge in [-0.1, -0.05) is 19.1 Å². The monoisotopic (exact) mass is 380 g/mol. The first-order valence-electron chi connectivity index (χ1n) is 9.36. The molecule has 1 aromatic carbocycles. The highest BCUT2D eigenvalue weighted by atomic mass is 16.4. The van der Waals surface area contributed by atoms with Crippen molar-refractivity contribution in [3.8, 4) is 0 Å². The average molecular weight is 380 g/mol. The largest absolute Gasteiger partial charge is 0.478 e. The molecule has 0 saturated heterocycles. The van der Waals surface area contributed by atoms with E-state index >= 15 is 0 Å². The Hall–Kier alpha value is -3.22. The number of rotatable bonds is 7. The fraction of sp³-hybridized carbons (Fsp3) is 0.333. The van der Waals surface area contributed by atoms with Crippen LogP contribution in [0.15, 0.2) is 36.5 Å². The Balaban J connectivity index is 1.73. The minimum Gasteiger partial charge on any atom is -0.478 e. The number of aromatic nitrogens is 3. The van der Waals surface area contributed by atoms with Crippen LogP contribution in [0.5, 0.6) is 0 Å². The summed E-state index contributed by atoms with van der Waals surface area (Å²) in [6.45, 7) is 6.48. The molecule has 0 fully saturated rings. The van der Waals surface area contributed by atoms with Gasteiger partial charge in [0.15, 0.2) is 5.65 Å². The van der Waals surface area contributed by atoms with Gasteiger partial charge in [-0.2, -0.15) is 5.10 Å². The summed E-state index contributed by atoms with van der Waals surface area (Å²) >= 11 is 0. The Bertz CT molecular complexity index is 1010. The lowest BCUT2D eigenvalue weighted by atomic mass is 10.1. The van der Waals surface area contributed by atoms with E-state index in [2.05, 4.69) is 29.2 Å². The second-order valence-corrected chi connectivity index (χ2v) is 6.90. The van der Waals surface area contributed by atoms with E-state index in [1.165, 1.54) is 0 Å². The molecule has 0 aliphatic rings. The molecule has 0 saturated carbocycles. The lowest BCUT2D eigenvalue weighted by Gasteiger charge is -2.11. The van der Waals surface area contributed by atoms with Crippen molar-refractivity contribution in [2.45, 2.75) is 39.7 Å². The summed E-state index contributed by atoms with van der Waals surface area (Å²) in [7, 11) is 0. The van der Waals surface area contributed by atoms with Crippen LogP contribution in [0.1, 0.15) is 58.3 Å². The Kier molecular flexibility index (Phi) is 5.73. The third-order valence-corrected chi connectivity index (χ3v) is 4.85. The predicted octanol–water partition coefficient (Wildman–Crippen LogP) is 3.38. The third-order valence-electron chi connectivity index (χ3n) is 4.85. The molecule has 28 heavy (non-hydrogen) atoms. The van der Waals surface area contributed by atoms with Gasteiger partial charge < -0.3 is 10.4 Å². The summed E-state index contributed by atoms with van der Waals surface area (Å²) in [4.78, 5) is 28.2. The van der Waals surface area contributed by atoms with E-state index < -0.39 is 5.97 Å². The van der Waals surface area contributed by atoms with E-state index in [-0.39, 0.29) is 17.5 Å². The molecule has 7 heteroatoms. The van der Waals surface area contributed by atoms with Crippen molar-refractivity contribution in [2.24, 2.45) is 0 Å². The zero-order valence-electron chi connectivity index (χ0n) is 16.3. The Labute approximate surface area is 163 Å². The molecule has 7 nitrogen and oxygen atoms in total. The molecule has 2 N–H and O–H groups in total. The second kappa shape index (κ2) is 8.21. The zero-order valence-corrected chi connectivity index (χ0v) is 16.3. The molecule has 0 spiro atoms. The molecule has 3 rings (SSSR count). The molecule has 1 atom stereocenters. The van der Waals surface area contributed by atoms with E-state index in [1.807, 2.05) is 11.6 Å². The van der Waals surface area contributed by atoms with Gasteiger partial charge in [0.2, 0.25) is 0 Å². The lowest BCUT2D eigenvalue weighted by molar-refractivity contribution is 0.0696. The number of carboxylic acids is 1. The van der Waals surface area contributed by atoms with Crippen molar-refractivity contribution in [1.29, 1.82) is 0 Å². The van der Waals surface area contributed by atoms with Crippen LogP contribution in [0.3, 0.4) is 0 Å². The molecule has 1 amide bonds. The number of aromatic carboxylic acids is 1. The molecule has 146 valence electrons. The number of carboxylic acid groups (broad SMARTS) is 1. The Morgan fingerprint density at radius 1 is 1.25 bits per heavy atom. The van der Waals surface area contributed by atoms with Crippen LogP contribution in [-0.4, -0.2) is 38.3 Å². The summed E-state index contributed by atoms with van der Waals surface area (Å²) in [6, 6.07) is 8.65. The molecular formula is C21H24N4O3. The number of carbonyl (C=O) groups excluding carboxylic acids is 1. The molecule has 0 aliphatic heterocycles. The number of carbonyl (C=O) groups is 2. The molecule has 2 aromatic heterocycles. The van der Waals surface area contributed by atoms with Gasteiger partial charge in [-0.25, -0.2) is 14.5 Å². The number of aryl methyl sites for hydroxylation is 1. The number of benzene rings is 1. The van der Waals surface area contributed by atoms with Crippen molar-refractivity contribution in [1.82, 2.24) is 20.1 Å². The van der Waals surface area contributed by atoms with Gasteiger partial charge in [0.25, 0.3) is 5.91 Å². The maximum Gasteiger partial charge on any atom is 0.335 e. The van der Waals surface area contributed by atoms with Crippen molar-refractivity contribution in [2.75, 3.05) is 6.54 Å². The van der Waals surface area contributed by atoms with Gasteiger partial charge in [0.05, 0.1) is 28.8 Å². The van der Waals surface area contributed by atoms with Crippen molar-refractivity contribution in [3.63, 3.8) is 0 Å². The van der Waals surface area contributed by atoms with Gasteiger partial charge in [0, 0.05) is 12.2 Å². The normalized spacial score (nSPS) is 12.1. The number of fused-ring (bicyclic) bond motifs is 1. The van der Waals surface area contributed by atoms with E-state index in [9.17, 15) is 9.59 Å². The average Bonchev–Trinajstić information content (AvgIpc) is 3.10. The predicted molar refractivity (Wildman–Crippen MR) is 107 cm³/mol. The smallest absolute Gasteiger partial charge is 0.335 e. The van der Waals surface area contributed by atoms with Crippen molar-refractivity contribution >= 4 is 22.9 Å². The standard InChI is InChI=1S/C21H24N4O3/c1-4-14(3)25-19-18(12-23-25)17(11-13(2)24-19)20(26)22-10-9-15-5-7-16(8-6-15)21(27)28/h5-8,11-12,14H,4,9-10H2,1-3H3,(H,22,26)(H,27,28). The third kappa shape index (κ3) is 4.03. The first-order valence-corrected chi connectivity index (χ1v) is 9.36. The molecule has 2 heterocycles. The highest BCUT2D eigenvalue weighted by molar-refractivity contribution is 6.05. The highest BCUT2D eigenvalue weighted by Gasteiger charge is 2.17. The summed E-state index contributed by atoms with van der Waals surface area (Å²) in [5.41, 5.74) is 3.28. The van der Waals surface area contributed by atoms with Crippen LogP contribution in [-0.2, 0) is 6.42 Å². The van der Waals surface area contributed by atoms with E-state index in [4.69, 9.17) is 5.11 Å². The number of nitrogens with one attached hydrogen (secondary N) is 1. The molecular weight excluding hydrogens is 356 g/mol. The fourth-order valence-corrected chi connectivity index (χ4v) is 3.06. The molecule has 0 aliphatic carbocycles. The van der Waals surface area contributed by atoms with Crippen LogP contribution < -0.4 is 5.32 Å². The lowest BCUT2D eigenvalue weighted by Crippen LogP contribution is -2.26. The number of hydrogen-bond acceptors (Lipinski definition) is 4. The summed E-state index contributed by atoms with van der Waals surface area (Å²) in [6.07, 6.45) is 3.24. The van der Waals surface area contributed by atoms with Crippen molar-refractivity contribution < 1.29 is 14.7 Å². The zero-order chi connectivity index (χ0) is 20.3. The number of hydrogen-bond donors (Lipinski definition) is 2. The number of nitrogens with zero attached hydrogens (tertiary/aromatic N) is 3. The van der Waals surface area contributed by atoms with E-state index in [1.54, 1.807) is 36.5 Å². The second-order valence-electron chi connectivity index (χ2n) is 6.90. The molecule has 1 unspecified atom stereocenters.